The topological polar surface area (TPSA) is 258 Å². The highest BCUT2D eigenvalue weighted by atomic mass is 16.5. The van der Waals surface area contributed by atoms with Gasteiger partial charge in [-0.05, 0) is 99.9 Å². The Bertz CT molecular complexity index is 2700. The van der Waals surface area contributed by atoms with Crippen molar-refractivity contribution in [3.8, 4) is 0 Å². The van der Waals surface area contributed by atoms with Gasteiger partial charge in [-0.1, -0.05) is 172 Å². The summed E-state index contributed by atoms with van der Waals surface area (Å²) in [5.41, 5.74) is 7.14. The number of aromatic amines is 1. The number of methoxy groups -OCH3 is 2. The van der Waals surface area contributed by atoms with Crippen molar-refractivity contribution in [3.05, 3.63) is 71.9 Å². The van der Waals surface area contributed by atoms with Gasteiger partial charge in [0.15, 0.2) is 5.78 Å². The van der Waals surface area contributed by atoms with E-state index in [1.165, 1.54) is 11.8 Å². The van der Waals surface area contributed by atoms with Gasteiger partial charge in [-0.3, -0.25) is 63.8 Å². The number of unbranched alkanes of at least 4 members (excludes halogenated alkanes) is 2. The predicted molar refractivity (Wildman–Crippen MR) is 367 cm³/mol. The Labute approximate surface area is 552 Å². The minimum absolute atomic E-state index is 0.00533. The van der Waals surface area contributed by atoms with E-state index in [1.54, 1.807) is 14.2 Å². The minimum Gasteiger partial charge on any atom is -0.381 e. The number of likely N-dealkylation sites (tertiary alicyclic amines) is 2. The van der Waals surface area contributed by atoms with E-state index >= 15 is 0 Å². The number of Topliss-reactive ketones (excluding diaryl/α,β-unsaturated/α-hetero) is 1. The van der Waals surface area contributed by atoms with Crippen LogP contribution in [0.25, 0.3) is 10.9 Å². The molecule has 0 saturated carbocycles. The van der Waals surface area contributed by atoms with Gasteiger partial charge in [-0.25, -0.2) is 0 Å². The number of hydrazine groups is 1. The third kappa shape index (κ3) is 26.1. The number of hydrogen-bond donors (Lipinski definition) is 6. The zero-order chi connectivity index (χ0) is 69.8. The van der Waals surface area contributed by atoms with Crippen molar-refractivity contribution in [1.29, 1.82) is 0 Å². The van der Waals surface area contributed by atoms with Gasteiger partial charge in [-0.2, -0.15) is 0 Å². The molecule has 6 N–H and O–H groups in total. The van der Waals surface area contributed by atoms with Crippen LogP contribution in [0.5, 0.6) is 0 Å². The third-order valence-corrected chi connectivity index (χ3v) is 17.7. The van der Waals surface area contributed by atoms with E-state index in [4.69, 9.17) is 9.47 Å². The maximum absolute atomic E-state index is 13.9. The highest BCUT2D eigenvalue weighted by molar-refractivity contribution is 6.05. The van der Waals surface area contributed by atoms with Crippen LogP contribution in [0.15, 0.2) is 60.8 Å². The number of hydrogen-bond acceptors (Lipinski definition) is 12. The number of carbonyl (C=O) groups is 9. The zero-order valence-electron chi connectivity index (χ0n) is 60.0. The van der Waals surface area contributed by atoms with Crippen molar-refractivity contribution in [2.45, 2.75) is 244 Å². The number of nitrogens with one attached hydrogen (secondary N) is 6. The number of rotatable bonds is 33. The molecule has 2 fully saturated rings. The number of amides is 8. The molecule has 0 bridgehead atoms. The molecule has 2 aliphatic rings. The average molecular weight is 1290 g/mol. The standard InChI is InChI=1S/C37H52N4O5.C29H51N5O6.3C2H6/c1-7-24(2)25(3)33(45-5)21-34(42)41-19-13-18-32(41)35(46-6)26(4)36(43)40-31(37(44)39-22-27-14-9-8-10-15-27)20-28-23-38-30-17-12-11-16-29(28)30;1-9-29(7)18-24(38)34(28(29)40)17-12-10-11-14-22(36)31-32-23(37)15-13-16-33(8)26(20(4)5)27(39)30-25(19(2)3)21(6)35;3*1-2/h8-12,14-17,23-26,31-33,35,38H,7,13,18-22H2,1-6H3,(H,39,44)(H,40,43);19-20,25-26H,9-18H2,1-8H3,(H,30,39)(H,31,36)(H,32,37);3*1-2H3/t24?,25-,26?,31-,32?,33?,35?;25-,26?,29?;;;/m00.../s1. The summed E-state index contributed by atoms with van der Waals surface area (Å²) in [5.74, 6) is -1.62. The van der Waals surface area contributed by atoms with Crippen molar-refractivity contribution >= 4 is 63.9 Å². The van der Waals surface area contributed by atoms with Crippen LogP contribution in [-0.4, -0.2) is 150 Å². The van der Waals surface area contributed by atoms with Gasteiger partial charge in [0.2, 0.25) is 47.3 Å². The molecule has 7 unspecified atom stereocenters. The lowest BCUT2D eigenvalue weighted by Gasteiger charge is -2.35. The molecule has 10 atom stereocenters. The number of nitrogens with zero attached hydrogens (tertiary/aromatic N) is 3. The van der Waals surface area contributed by atoms with Crippen LogP contribution in [0.3, 0.4) is 0 Å². The molecule has 3 aromatic rings. The fraction of sp³-hybridized carbons (Fsp3) is 0.681. The van der Waals surface area contributed by atoms with Gasteiger partial charge in [0.05, 0.1) is 48.1 Å². The van der Waals surface area contributed by atoms with E-state index in [-0.39, 0.29) is 102 Å². The maximum atomic E-state index is 13.9. The highest BCUT2D eigenvalue weighted by Crippen LogP contribution is 2.36. The van der Waals surface area contributed by atoms with Crippen LogP contribution in [-0.2, 0) is 65.6 Å². The number of H-pyrrole nitrogens is 1. The molecular weight excluding hydrogens is 1170 g/mol. The average Bonchev–Trinajstić information content (AvgIpc) is 1.80. The molecule has 2 aromatic carbocycles. The van der Waals surface area contributed by atoms with Crippen molar-refractivity contribution in [2.75, 3.05) is 40.9 Å². The first-order chi connectivity index (χ1) is 43.8. The lowest BCUT2D eigenvalue weighted by atomic mass is 9.86. The molecule has 0 aliphatic carbocycles. The largest absolute Gasteiger partial charge is 0.381 e. The summed E-state index contributed by atoms with van der Waals surface area (Å²) in [6, 6.07) is 15.6. The summed E-state index contributed by atoms with van der Waals surface area (Å²) in [6.45, 7) is 35.0. The molecule has 2 aliphatic heterocycles. The van der Waals surface area contributed by atoms with E-state index in [1.807, 2.05) is 168 Å². The van der Waals surface area contributed by atoms with Crippen LogP contribution < -0.4 is 26.8 Å². The Hall–Kier alpha value is -6.51. The maximum Gasteiger partial charge on any atom is 0.243 e. The number of para-hydroxylation sites is 1. The first-order valence-electron chi connectivity index (χ1n) is 34.3. The lowest BCUT2D eigenvalue weighted by Crippen LogP contribution is -2.54. The van der Waals surface area contributed by atoms with Gasteiger partial charge in [0.25, 0.3) is 0 Å². The van der Waals surface area contributed by atoms with Crippen LogP contribution in [0.4, 0.5) is 0 Å². The molecule has 3 heterocycles. The molecule has 92 heavy (non-hydrogen) atoms. The Kier molecular flexibility index (Phi) is 40.1. The second-order valence-electron chi connectivity index (χ2n) is 24.8. The highest BCUT2D eigenvalue weighted by Gasteiger charge is 2.46. The Balaban J connectivity index is 0.000000859. The summed E-state index contributed by atoms with van der Waals surface area (Å²) < 4.78 is 11.7. The molecule has 0 radical (unpaired) electrons. The van der Waals surface area contributed by atoms with E-state index in [0.717, 1.165) is 41.3 Å². The second kappa shape index (κ2) is 44.2. The molecule has 1 aromatic heterocycles. The molecular formula is C72H121N9O11. The number of ketones is 1. The Morgan fingerprint density at radius 2 is 1.36 bits per heavy atom. The fourth-order valence-corrected chi connectivity index (χ4v) is 11.8. The molecule has 2 saturated heterocycles. The van der Waals surface area contributed by atoms with Gasteiger partial charge < -0.3 is 35.3 Å². The van der Waals surface area contributed by atoms with Crippen LogP contribution in [0.1, 0.15) is 206 Å². The minimum atomic E-state index is -0.804. The molecule has 5 rings (SSSR count). The lowest BCUT2D eigenvalue weighted by molar-refractivity contribution is -0.143. The van der Waals surface area contributed by atoms with E-state index in [0.29, 0.717) is 77.0 Å². The normalized spacial score (nSPS) is 17.8. The number of benzene rings is 2. The second-order valence-corrected chi connectivity index (χ2v) is 24.8. The number of fused-ring (bicyclic) bond motifs is 1. The van der Waals surface area contributed by atoms with E-state index in [9.17, 15) is 43.2 Å². The van der Waals surface area contributed by atoms with Crippen molar-refractivity contribution in [3.63, 3.8) is 0 Å². The monoisotopic (exact) mass is 1290 g/mol. The van der Waals surface area contributed by atoms with Crippen LogP contribution in [0, 0.1) is 35.0 Å². The summed E-state index contributed by atoms with van der Waals surface area (Å²) in [4.78, 5) is 123. The SMILES string of the molecule is CC.CC.CC.CCC(C)[C@H](C)C(CC(=O)N1CCCC1C(OC)C(C)C(=O)N[C@@H](Cc1c[nH]c2ccccc12)C(=O)NCc1ccccc1)OC.CCC1(C)CC(=O)N(CCCCCC(=O)NNC(=O)CCCN(C)C(C(=O)N[C@H](C(C)=O)C(C)C)C(C)C)C1=O. The molecule has 0 spiro atoms. The number of ether oxygens (including phenoxy) is 2. The number of likely N-dealkylation sites (N-methyl/N-ethyl adjacent to an activating group) is 1. The molecule has 20 heteroatoms. The number of aromatic nitrogens is 1. The van der Waals surface area contributed by atoms with Gasteiger partial charge in [-0.15, -0.1) is 0 Å². The van der Waals surface area contributed by atoms with Crippen molar-refractivity contribution < 1.29 is 52.6 Å². The van der Waals surface area contributed by atoms with Crippen LogP contribution >= 0.6 is 0 Å². The number of imide groups is 1. The summed E-state index contributed by atoms with van der Waals surface area (Å²) in [5, 5.41) is 9.93. The first-order valence-corrected chi connectivity index (χ1v) is 34.3. The Morgan fingerprint density at radius 1 is 0.750 bits per heavy atom. The fourth-order valence-electron chi connectivity index (χ4n) is 11.8. The summed E-state index contributed by atoms with van der Waals surface area (Å²) >= 11 is 0. The van der Waals surface area contributed by atoms with Crippen molar-refractivity contribution in [1.82, 2.24) is 46.5 Å². The smallest absolute Gasteiger partial charge is 0.243 e. The van der Waals surface area contributed by atoms with Crippen molar-refractivity contribution in [2.24, 2.45) is 35.0 Å². The number of carbonyl (C=O) groups excluding carboxylic acids is 9. The summed E-state index contributed by atoms with van der Waals surface area (Å²) in [7, 11) is 5.08. The van der Waals surface area contributed by atoms with Gasteiger partial charge in [0, 0.05) is 76.6 Å². The zero-order valence-corrected chi connectivity index (χ0v) is 60.0. The van der Waals surface area contributed by atoms with Crippen LogP contribution in [0.2, 0.25) is 0 Å². The predicted octanol–water partition coefficient (Wildman–Crippen LogP) is 10.7. The quantitative estimate of drug-likeness (QED) is 0.0189. The van der Waals surface area contributed by atoms with Gasteiger partial charge >= 0.3 is 0 Å². The first kappa shape index (κ1) is 83.5. The third-order valence-electron chi connectivity index (χ3n) is 17.7. The van der Waals surface area contributed by atoms with E-state index < -0.39 is 35.6 Å². The van der Waals surface area contributed by atoms with Gasteiger partial charge in [0.1, 0.15) is 6.04 Å². The van der Waals surface area contributed by atoms with E-state index in [2.05, 4.69) is 52.6 Å². The summed E-state index contributed by atoms with van der Waals surface area (Å²) in [6.07, 6.45) is 8.08. The molecule has 520 valence electrons. The molecule has 20 nitrogen and oxygen atoms in total. The Morgan fingerprint density at radius 3 is 1.91 bits per heavy atom. The molecule has 8 amide bonds.